The zero-order valence-corrected chi connectivity index (χ0v) is 17.9. The summed E-state index contributed by atoms with van der Waals surface area (Å²) in [7, 11) is 2.14. The first-order valence-corrected chi connectivity index (χ1v) is 11.2. The molecule has 4 heterocycles. The lowest BCUT2D eigenvalue weighted by Gasteiger charge is -2.43. The first-order valence-electron chi connectivity index (χ1n) is 10.4. The van der Waals surface area contributed by atoms with E-state index in [4.69, 9.17) is 4.74 Å². The fourth-order valence-electron chi connectivity index (χ4n) is 4.90. The molecule has 1 aromatic rings. The molecule has 4 rings (SSSR count). The van der Waals surface area contributed by atoms with Gasteiger partial charge in [0, 0.05) is 37.5 Å². The summed E-state index contributed by atoms with van der Waals surface area (Å²) >= 11 is 1.60. The monoisotopic (exact) mass is 405 g/mol. The van der Waals surface area contributed by atoms with E-state index in [0.717, 1.165) is 56.7 Å². The number of piperidine rings is 2. The lowest BCUT2D eigenvalue weighted by molar-refractivity contribution is -0.138. The Morgan fingerprint density at radius 1 is 1.29 bits per heavy atom. The van der Waals surface area contributed by atoms with Crippen LogP contribution in [-0.2, 0) is 21.6 Å². The molecule has 0 bridgehead atoms. The van der Waals surface area contributed by atoms with E-state index < -0.39 is 0 Å². The number of ether oxygens (including phenoxy) is 1. The number of nitrogens with one attached hydrogen (secondary N) is 1. The number of amides is 2. The van der Waals surface area contributed by atoms with Crippen LogP contribution in [0.2, 0.25) is 0 Å². The summed E-state index contributed by atoms with van der Waals surface area (Å²) < 4.78 is 6.27. The van der Waals surface area contributed by atoms with Crippen LogP contribution >= 0.6 is 11.3 Å². The molecule has 2 atom stereocenters. The Morgan fingerprint density at radius 2 is 2.04 bits per heavy atom. The van der Waals surface area contributed by atoms with Crippen LogP contribution in [-0.4, -0.2) is 67.5 Å². The minimum absolute atomic E-state index is 0.0529. The summed E-state index contributed by atoms with van der Waals surface area (Å²) in [5.74, 6) is 0.643. The molecular weight excluding hydrogens is 374 g/mol. The van der Waals surface area contributed by atoms with Crippen LogP contribution < -0.4 is 5.32 Å². The van der Waals surface area contributed by atoms with Crippen LogP contribution in [0.25, 0.3) is 0 Å². The first-order chi connectivity index (χ1) is 13.4. The van der Waals surface area contributed by atoms with Crippen molar-refractivity contribution in [1.29, 1.82) is 0 Å². The number of carbonyl (C=O) groups excluding carboxylic acids is 2. The molecule has 1 aromatic heterocycles. The summed E-state index contributed by atoms with van der Waals surface area (Å²) in [5, 5.41) is 3.28. The molecule has 1 N–H and O–H groups in total. The van der Waals surface area contributed by atoms with Gasteiger partial charge in [0.1, 0.15) is 5.60 Å². The van der Waals surface area contributed by atoms with Gasteiger partial charge in [0.25, 0.3) is 5.91 Å². The lowest BCUT2D eigenvalue weighted by atomic mass is 9.85. The molecule has 2 fully saturated rings. The predicted octanol–water partition coefficient (Wildman–Crippen LogP) is 2.23. The number of fused-ring (bicyclic) bond motifs is 2. The molecule has 0 radical (unpaired) electrons. The van der Waals surface area contributed by atoms with Crippen molar-refractivity contribution in [2.24, 2.45) is 5.92 Å². The zero-order chi connectivity index (χ0) is 19.9. The number of hydrogen-bond donors (Lipinski definition) is 1. The number of rotatable bonds is 2. The normalized spacial score (nSPS) is 27.5. The highest BCUT2D eigenvalue weighted by molar-refractivity contribution is 7.14. The molecular formula is C21H31N3O3S. The second-order valence-electron chi connectivity index (χ2n) is 8.67. The van der Waals surface area contributed by atoms with Crippen LogP contribution in [0.5, 0.6) is 0 Å². The molecule has 3 aliphatic heterocycles. The van der Waals surface area contributed by atoms with Gasteiger partial charge in [0.05, 0.1) is 11.5 Å². The van der Waals surface area contributed by atoms with Gasteiger partial charge in [-0.05, 0) is 56.8 Å². The van der Waals surface area contributed by atoms with Gasteiger partial charge >= 0.3 is 0 Å². The zero-order valence-electron chi connectivity index (χ0n) is 17.1. The molecule has 6 nitrogen and oxygen atoms in total. The van der Waals surface area contributed by atoms with Crippen LogP contribution in [0, 0.1) is 5.92 Å². The molecule has 7 heteroatoms. The van der Waals surface area contributed by atoms with Crippen molar-refractivity contribution in [1.82, 2.24) is 15.1 Å². The second-order valence-corrected chi connectivity index (χ2v) is 9.72. The van der Waals surface area contributed by atoms with Crippen molar-refractivity contribution in [3.05, 3.63) is 21.4 Å². The maximum atomic E-state index is 13.0. The standard InChI is InChI=1S/C21H31N3O3S/c1-14-13-23(3)8-4-17(14)22-20(26)18-12-16-5-11-27-21(19(16)28-18)6-9-24(10-7-21)15(2)25/h12,14,17H,4-11,13H2,1-3H3,(H,22,26)/t14-,17-/m1/s1. The highest BCUT2D eigenvalue weighted by atomic mass is 32.1. The number of nitrogens with zero attached hydrogens (tertiary/aromatic N) is 2. The van der Waals surface area contributed by atoms with Gasteiger partial charge in [-0.2, -0.15) is 0 Å². The van der Waals surface area contributed by atoms with E-state index in [1.165, 1.54) is 10.4 Å². The van der Waals surface area contributed by atoms with E-state index in [1.807, 2.05) is 4.90 Å². The third-order valence-corrected chi connectivity index (χ3v) is 8.00. The van der Waals surface area contributed by atoms with E-state index in [2.05, 4.69) is 30.3 Å². The molecule has 1 spiro atoms. The maximum absolute atomic E-state index is 13.0. The van der Waals surface area contributed by atoms with Crippen molar-refractivity contribution < 1.29 is 14.3 Å². The SMILES string of the molecule is CC(=O)N1CCC2(CC1)OCCc1cc(C(=O)N[C@@H]3CCN(C)C[C@H]3C)sc12. The van der Waals surface area contributed by atoms with Crippen molar-refractivity contribution in [2.75, 3.05) is 39.8 Å². The Morgan fingerprint density at radius 3 is 2.71 bits per heavy atom. The molecule has 0 aliphatic carbocycles. The number of carbonyl (C=O) groups is 2. The summed E-state index contributed by atoms with van der Waals surface area (Å²) in [6.07, 6.45) is 3.49. The second kappa shape index (κ2) is 7.76. The molecule has 2 saturated heterocycles. The van der Waals surface area contributed by atoms with Gasteiger partial charge in [-0.15, -0.1) is 11.3 Å². The Hall–Kier alpha value is -1.44. The summed E-state index contributed by atoms with van der Waals surface area (Å²) in [6, 6.07) is 2.32. The maximum Gasteiger partial charge on any atom is 0.261 e. The first kappa shape index (κ1) is 19.9. The highest BCUT2D eigenvalue weighted by Crippen LogP contribution is 2.45. The Balaban J connectivity index is 1.49. The predicted molar refractivity (Wildman–Crippen MR) is 110 cm³/mol. The molecule has 0 unspecified atom stereocenters. The number of hydrogen-bond acceptors (Lipinski definition) is 5. The number of thiophene rings is 1. The smallest absolute Gasteiger partial charge is 0.261 e. The van der Waals surface area contributed by atoms with Crippen molar-refractivity contribution in [3.63, 3.8) is 0 Å². The van der Waals surface area contributed by atoms with Gasteiger partial charge in [-0.1, -0.05) is 6.92 Å². The Kier molecular flexibility index (Phi) is 5.51. The van der Waals surface area contributed by atoms with Crippen molar-refractivity contribution >= 4 is 23.2 Å². The largest absolute Gasteiger partial charge is 0.369 e. The van der Waals surface area contributed by atoms with Gasteiger partial charge in [0.2, 0.25) is 5.91 Å². The fraction of sp³-hybridized carbons (Fsp3) is 0.714. The van der Waals surface area contributed by atoms with Crippen LogP contribution in [0.15, 0.2) is 6.07 Å². The summed E-state index contributed by atoms with van der Waals surface area (Å²) in [5.41, 5.74) is 0.943. The van der Waals surface area contributed by atoms with Gasteiger partial charge in [-0.25, -0.2) is 0 Å². The molecule has 2 amide bonds. The third-order valence-electron chi connectivity index (χ3n) is 6.64. The average molecular weight is 406 g/mol. The van der Waals surface area contributed by atoms with Gasteiger partial charge in [-0.3, -0.25) is 9.59 Å². The quantitative estimate of drug-likeness (QED) is 0.820. The van der Waals surface area contributed by atoms with Crippen LogP contribution in [0.4, 0.5) is 0 Å². The minimum Gasteiger partial charge on any atom is -0.369 e. The molecule has 0 saturated carbocycles. The third kappa shape index (κ3) is 3.72. The van der Waals surface area contributed by atoms with Gasteiger partial charge < -0.3 is 19.9 Å². The van der Waals surface area contributed by atoms with E-state index in [9.17, 15) is 9.59 Å². The van der Waals surface area contributed by atoms with Crippen LogP contribution in [0.1, 0.15) is 53.2 Å². The molecule has 0 aromatic carbocycles. The van der Waals surface area contributed by atoms with Crippen LogP contribution in [0.3, 0.4) is 0 Å². The Bertz CT molecular complexity index is 754. The van der Waals surface area contributed by atoms with E-state index in [-0.39, 0.29) is 23.5 Å². The fourth-order valence-corrected chi connectivity index (χ4v) is 6.21. The molecule has 154 valence electrons. The van der Waals surface area contributed by atoms with Crippen molar-refractivity contribution in [3.8, 4) is 0 Å². The lowest BCUT2D eigenvalue weighted by Crippen LogP contribution is -2.48. The average Bonchev–Trinajstić information content (AvgIpc) is 3.11. The summed E-state index contributed by atoms with van der Waals surface area (Å²) in [6.45, 7) is 8.03. The van der Waals surface area contributed by atoms with Crippen molar-refractivity contribution in [2.45, 2.75) is 51.2 Å². The topological polar surface area (TPSA) is 61.9 Å². The number of likely N-dealkylation sites (tertiary alicyclic amines) is 2. The molecule has 3 aliphatic rings. The summed E-state index contributed by atoms with van der Waals surface area (Å²) in [4.78, 5) is 30.9. The van der Waals surface area contributed by atoms with E-state index >= 15 is 0 Å². The minimum atomic E-state index is -0.316. The van der Waals surface area contributed by atoms with Gasteiger partial charge in [0.15, 0.2) is 0 Å². The van der Waals surface area contributed by atoms with E-state index in [0.29, 0.717) is 12.5 Å². The Labute approximate surface area is 171 Å². The van der Waals surface area contributed by atoms with E-state index in [1.54, 1.807) is 18.3 Å². The molecule has 28 heavy (non-hydrogen) atoms. The highest BCUT2D eigenvalue weighted by Gasteiger charge is 2.43.